The Bertz CT molecular complexity index is 549. The summed E-state index contributed by atoms with van der Waals surface area (Å²) in [5, 5.41) is 0. The molecule has 1 fully saturated rings. The smallest absolute Gasteiger partial charge is 0.0703 e. The lowest BCUT2D eigenvalue weighted by molar-refractivity contribution is 0.0678. The highest BCUT2D eigenvalue weighted by Crippen LogP contribution is 2.20. The third kappa shape index (κ3) is 4.37. The molecule has 3 heterocycles. The molecule has 0 bridgehead atoms. The molecule has 1 saturated heterocycles. The SMILES string of the molecule is Cc1ccc(CN(Cc2ccccn2)CC2CCCO2)s1. The molecule has 3 nitrogen and oxygen atoms in total. The number of aromatic nitrogens is 1. The van der Waals surface area contributed by atoms with Crippen molar-refractivity contribution in [2.24, 2.45) is 0 Å². The second kappa shape index (κ2) is 7.16. The van der Waals surface area contributed by atoms with Crippen LogP contribution in [0.2, 0.25) is 0 Å². The van der Waals surface area contributed by atoms with Gasteiger partial charge in [-0.25, -0.2) is 0 Å². The van der Waals surface area contributed by atoms with Gasteiger partial charge in [-0.15, -0.1) is 11.3 Å². The van der Waals surface area contributed by atoms with Crippen molar-refractivity contribution in [3.05, 3.63) is 52.0 Å². The Hall–Kier alpha value is -1.23. The van der Waals surface area contributed by atoms with E-state index in [1.807, 2.05) is 23.6 Å². The predicted octanol–water partition coefficient (Wildman–Crippen LogP) is 3.63. The third-order valence-electron chi connectivity index (χ3n) is 3.77. The molecule has 112 valence electrons. The van der Waals surface area contributed by atoms with Gasteiger partial charge >= 0.3 is 0 Å². The third-order valence-corrected chi connectivity index (χ3v) is 4.76. The number of ether oxygens (including phenoxy) is 1. The molecule has 0 radical (unpaired) electrons. The van der Waals surface area contributed by atoms with Crippen LogP contribution >= 0.6 is 11.3 Å². The number of pyridine rings is 1. The van der Waals surface area contributed by atoms with E-state index in [1.165, 1.54) is 22.6 Å². The monoisotopic (exact) mass is 302 g/mol. The highest BCUT2D eigenvalue weighted by atomic mass is 32.1. The van der Waals surface area contributed by atoms with E-state index in [0.717, 1.165) is 31.9 Å². The zero-order valence-corrected chi connectivity index (χ0v) is 13.3. The molecule has 0 spiro atoms. The van der Waals surface area contributed by atoms with Gasteiger partial charge in [0.1, 0.15) is 0 Å². The molecule has 2 aromatic rings. The lowest BCUT2D eigenvalue weighted by Crippen LogP contribution is -2.31. The predicted molar refractivity (Wildman–Crippen MR) is 86.4 cm³/mol. The Labute approximate surface area is 130 Å². The first kappa shape index (κ1) is 14.7. The van der Waals surface area contributed by atoms with Gasteiger partial charge in [-0.05, 0) is 44.0 Å². The standard InChI is InChI=1S/C17H22N2OS/c1-14-7-8-17(21-14)13-19(12-16-6-4-10-20-16)11-15-5-2-3-9-18-15/h2-3,5,7-9,16H,4,6,10-13H2,1H3. The molecule has 1 atom stereocenters. The largest absolute Gasteiger partial charge is 0.377 e. The maximum atomic E-state index is 5.81. The van der Waals surface area contributed by atoms with Crippen LogP contribution in [0.15, 0.2) is 36.5 Å². The molecule has 21 heavy (non-hydrogen) atoms. The Morgan fingerprint density at radius 3 is 2.90 bits per heavy atom. The zero-order chi connectivity index (χ0) is 14.5. The van der Waals surface area contributed by atoms with Crippen LogP contribution in [0, 0.1) is 6.92 Å². The Morgan fingerprint density at radius 2 is 2.24 bits per heavy atom. The average molecular weight is 302 g/mol. The Morgan fingerprint density at radius 1 is 1.29 bits per heavy atom. The Balaban J connectivity index is 1.67. The summed E-state index contributed by atoms with van der Waals surface area (Å²) in [5.74, 6) is 0. The molecular formula is C17H22N2OS. The number of hydrogen-bond acceptors (Lipinski definition) is 4. The fourth-order valence-corrected chi connectivity index (χ4v) is 3.71. The Kier molecular flexibility index (Phi) is 5.01. The number of hydrogen-bond donors (Lipinski definition) is 0. The zero-order valence-electron chi connectivity index (χ0n) is 12.5. The maximum Gasteiger partial charge on any atom is 0.0703 e. The second-order valence-electron chi connectivity index (χ2n) is 5.64. The normalized spacial score (nSPS) is 18.5. The lowest BCUT2D eigenvalue weighted by Gasteiger charge is -2.24. The van der Waals surface area contributed by atoms with Crippen LogP contribution in [-0.2, 0) is 17.8 Å². The fraction of sp³-hybridized carbons (Fsp3) is 0.471. The van der Waals surface area contributed by atoms with E-state index in [1.54, 1.807) is 0 Å². The van der Waals surface area contributed by atoms with Gasteiger partial charge in [0.05, 0.1) is 11.8 Å². The maximum absolute atomic E-state index is 5.81. The molecule has 0 aliphatic carbocycles. The topological polar surface area (TPSA) is 25.4 Å². The first-order valence-corrected chi connectivity index (χ1v) is 8.40. The summed E-state index contributed by atoms with van der Waals surface area (Å²) >= 11 is 1.88. The van der Waals surface area contributed by atoms with E-state index in [4.69, 9.17) is 4.74 Å². The van der Waals surface area contributed by atoms with Crippen molar-refractivity contribution in [2.75, 3.05) is 13.2 Å². The van der Waals surface area contributed by atoms with Gasteiger partial charge in [0, 0.05) is 42.2 Å². The molecule has 4 heteroatoms. The van der Waals surface area contributed by atoms with Crippen LogP contribution in [0.4, 0.5) is 0 Å². The molecule has 1 aliphatic heterocycles. The van der Waals surface area contributed by atoms with Crippen molar-refractivity contribution in [3.8, 4) is 0 Å². The summed E-state index contributed by atoms with van der Waals surface area (Å²) in [6, 6.07) is 10.6. The van der Waals surface area contributed by atoms with E-state index in [-0.39, 0.29) is 0 Å². The van der Waals surface area contributed by atoms with E-state index in [9.17, 15) is 0 Å². The second-order valence-corrected chi connectivity index (χ2v) is 7.01. The van der Waals surface area contributed by atoms with E-state index in [2.05, 4.69) is 41.1 Å². The number of aryl methyl sites for hydroxylation is 1. The van der Waals surface area contributed by atoms with Crippen LogP contribution in [0.5, 0.6) is 0 Å². The number of thiophene rings is 1. The minimum Gasteiger partial charge on any atom is -0.377 e. The van der Waals surface area contributed by atoms with Gasteiger partial charge < -0.3 is 4.74 Å². The molecule has 0 amide bonds. The first-order chi connectivity index (χ1) is 10.3. The summed E-state index contributed by atoms with van der Waals surface area (Å²) in [7, 11) is 0. The summed E-state index contributed by atoms with van der Waals surface area (Å²) in [6.45, 7) is 5.94. The highest BCUT2D eigenvalue weighted by molar-refractivity contribution is 7.11. The van der Waals surface area contributed by atoms with Gasteiger partial charge in [-0.2, -0.15) is 0 Å². The van der Waals surface area contributed by atoms with Crippen molar-refractivity contribution in [2.45, 2.75) is 39.0 Å². The van der Waals surface area contributed by atoms with E-state index in [0.29, 0.717) is 6.10 Å². The van der Waals surface area contributed by atoms with E-state index < -0.39 is 0 Å². The molecule has 0 aromatic carbocycles. The fourth-order valence-electron chi connectivity index (χ4n) is 2.77. The van der Waals surface area contributed by atoms with Crippen LogP contribution in [0.3, 0.4) is 0 Å². The summed E-state index contributed by atoms with van der Waals surface area (Å²) in [6.07, 6.45) is 4.63. The molecule has 1 aliphatic rings. The van der Waals surface area contributed by atoms with Gasteiger partial charge in [0.2, 0.25) is 0 Å². The molecule has 2 aromatic heterocycles. The number of nitrogens with zero attached hydrogens (tertiary/aromatic N) is 2. The van der Waals surface area contributed by atoms with Crippen molar-refractivity contribution >= 4 is 11.3 Å². The summed E-state index contributed by atoms with van der Waals surface area (Å²) in [4.78, 5) is 9.72. The van der Waals surface area contributed by atoms with Gasteiger partial charge in [0.15, 0.2) is 0 Å². The summed E-state index contributed by atoms with van der Waals surface area (Å²) < 4.78 is 5.81. The van der Waals surface area contributed by atoms with Crippen molar-refractivity contribution in [1.29, 1.82) is 0 Å². The minimum atomic E-state index is 0.384. The van der Waals surface area contributed by atoms with Crippen LogP contribution < -0.4 is 0 Å². The molecule has 1 unspecified atom stereocenters. The first-order valence-electron chi connectivity index (χ1n) is 7.59. The molecular weight excluding hydrogens is 280 g/mol. The molecule has 3 rings (SSSR count). The molecule has 0 saturated carbocycles. The molecule has 0 N–H and O–H groups in total. The van der Waals surface area contributed by atoms with Gasteiger partial charge in [-0.1, -0.05) is 6.07 Å². The number of rotatable bonds is 6. The quantitative estimate of drug-likeness (QED) is 0.814. The van der Waals surface area contributed by atoms with E-state index >= 15 is 0 Å². The van der Waals surface area contributed by atoms with Crippen LogP contribution in [0.25, 0.3) is 0 Å². The van der Waals surface area contributed by atoms with Gasteiger partial charge in [0.25, 0.3) is 0 Å². The van der Waals surface area contributed by atoms with Crippen molar-refractivity contribution in [1.82, 2.24) is 9.88 Å². The van der Waals surface area contributed by atoms with Crippen molar-refractivity contribution in [3.63, 3.8) is 0 Å². The van der Waals surface area contributed by atoms with Crippen molar-refractivity contribution < 1.29 is 4.74 Å². The van der Waals surface area contributed by atoms with Crippen LogP contribution in [-0.4, -0.2) is 29.1 Å². The summed E-state index contributed by atoms with van der Waals surface area (Å²) in [5.41, 5.74) is 1.13. The average Bonchev–Trinajstić information content (AvgIpc) is 3.12. The minimum absolute atomic E-state index is 0.384. The van der Waals surface area contributed by atoms with Gasteiger partial charge in [-0.3, -0.25) is 9.88 Å². The lowest BCUT2D eigenvalue weighted by atomic mass is 10.2. The van der Waals surface area contributed by atoms with Crippen LogP contribution in [0.1, 0.15) is 28.3 Å². The highest BCUT2D eigenvalue weighted by Gasteiger charge is 2.20.